The van der Waals surface area contributed by atoms with E-state index in [1.54, 1.807) is 0 Å². The number of rotatable bonds is 2. The molecule has 3 rings (SSSR count). The number of benzene rings is 1. The molecule has 0 bridgehead atoms. The Hall–Kier alpha value is -1.75. The molecule has 124 valence electrons. The van der Waals surface area contributed by atoms with Gasteiger partial charge in [-0.2, -0.15) is 0 Å². The van der Waals surface area contributed by atoms with Gasteiger partial charge in [0.1, 0.15) is 11.3 Å². The molecule has 4 nitrogen and oxygen atoms in total. The molecule has 0 spiro atoms. The molecule has 1 aliphatic heterocycles. The molecule has 0 fully saturated rings. The van der Waals surface area contributed by atoms with Crippen LogP contribution in [0, 0.1) is 0 Å². The van der Waals surface area contributed by atoms with Gasteiger partial charge in [-0.3, -0.25) is 4.79 Å². The second-order valence-electron chi connectivity index (χ2n) is 7.79. The molecule has 1 aromatic heterocycles. The van der Waals surface area contributed by atoms with Crippen LogP contribution in [0.2, 0.25) is 18.1 Å². The highest BCUT2D eigenvalue weighted by molar-refractivity contribution is 6.74. The first-order valence-corrected chi connectivity index (χ1v) is 11.1. The quantitative estimate of drug-likeness (QED) is 0.825. The maximum atomic E-state index is 12.1. The number of fused-ring (bicyclic) bond motifs is 3. The van der Waals surface area contributed by atoms with Gasteiger partial charge in [0.15, 0.2) is 5.76 Å². The third kappa shape index (κ3) is 2.90. The number of nitrogens with one attached hydrogen (secondary N) is 1. The van der Waals surface area contributed by atoms with E-state index in [0.29, 0.717) is 12.3 Å². The molecule has 23 heavy (non-hydrogen) atoms. The van der Waals surface area contributed by atoms with Crippen molar-refractivity contribution in [3.05, 3.63) is 29.5 Å². The lowest BCUT2D eigenvalue weighted by atomic mass is 10.1. The van der Waals surface area contributed by atoms with Crippen LogP contribution in [-0.4, -0.2) is 20.8 Å². The molecular weight excluding hydrogens is 306 g/mol. The zero-order chi connectivity index (χ0) is 16.8. The molecule has 2 heterocycles. The summed E-state index contributed by atoms with van der Waals surface area (Å²) in [6.07, 6.45) is 1.78. The summed E-state index contributed by atoms with van der Waals surface area (Å²) in [4.78, 5) is 12.1. The number of furan rings is 1. The predicted octanol–water partition coefficient (Wildman–Crippen LogP) is 4.49. The molecule has 1 amide bonds. The highest BCUT2D eigenvalue weighted by Crippen LogP contribution is 2.39. The summed E-state index contributed by atoms with van der Waals surface area (Å²) >= 11 is 0. The fourth-order valence-electron chi connectivity index (χ4n) is 2.62. The smallest absolute Gasteiger partial charge is 0.287 e. The van der Waals surface area contributed by atoms with E-state index in [1.807, 2.05) is 18.2 Å². The third-order valence-corrected chi connectivity index (χ3v) is 9.40. The Morgan fingerprint density at radius 2 is 2.00 bits per heavy atom. The van der Waals surface area contributed by atoms with Crippen LogP contribution in [0.1, 0.15) is 43.3 Å². The summed E-state index contributed by atoms with van der Waals surface area (Å²) < 4.78 is 12.2. The van der Waals surface area contributed by atoms with Gasteiger partial charge in [0.2, 0.25) is 8.32 Å². The van der Waals surface area contributed by atoms with Crippen molar-refractivity contribution in [1.82, 2.24) is 5.32 Å². The molecule has 5 heteroatoms. The van der Waals surface area contributed by atoms with Crippen LogP contribution >= 0.6 is 0 Å². The Balaban J connectivity index is 2.02. The maximum Gasteiger partial charge on any atom is 0.287 e. The van der Waals surface area contributed by atoms with Crippen molar-refractivity contribution in [3.63, 3.8) is 0 Å². The van der Waals surface area contributed by atoms with Gasteiger partial charge in [0, 0.05) is 17.5 Å². The van der Waals surface area contributed by atoms with Gasteiger partial charge in [0.25, 0.3) is 5.91 Å². The second kappa shape index (κ2) is 5.41. The van der Waals surface area contributed by atoms with Crippen LogP contribution in [0.15, 0.2) is 22.6 Å². The highest BCUT2D eigenvalue weighted by Gasteiger charge is 2.39. The molecule has 0 saturated heterocycles. The zero-order valence-electron chi connectivity index (χ0n) is 14.6. The molecule has 0 saturated carbocycles. The van der Waals surface area contributed by atoms with Crippen molar-refractivity contribution in [1.29, 1.82) is 0 Å². The van der Waals surface area contributed by atoms with E-state index < -0.39 is 8.32 Å². The van der Waals surface area contributed by atoms with Gasteiger partial charge in [-0.25, -0.2) is 0 Å². The Morgan fingerprint density at radius 1 is 1.26 bits per heavy atom. The molecule has 2 aromatic rings. The second-order valence-corrected chi connectivity index (χ2v) is 12.5. The van der Waals surface area contributed by atoms with Crippen molar-refractivity contribution in [3.8, 4) is 5.75 Å². The third-order valence-electron chi connectivity index (χ3n) is 5.04. The summed E-state index contributed by atoms with van der Waals surface area (Å²) in [6.45, 7) is 11.9. The SMILES string of the molecule is CC(C)(C)[Si](C)(C)Oc1ccc2oc3c(c2c1)CCCNC3=O. The molecule has 1 N–H and O–H groups in total. The molecule has 1 aliphatic rings. The van der Waals surface area contributed by atoms with E-state index in [0.717, 1.165) is 35.1 Å². The Kier molecular flexibility index (Phi) is 3.79. The Labute approximate surface area is 138 Å². The van der Waals surface area contributed by atoms with Gasteiger partial charge in [0.05, 0.1) is 0 Å². The van der Waals surface area contributed by atoms with Crippen molar-refractivity contribution in [2.24, 2.45) is 0 Å². The van der Waals surface area contributed by atoms with Gasteiger partial charge >= 0.3 is 0 Å². The van der Waals surface area contributed by atoms with E-state index in [9.17, 15) is 4.79 Å². The number of hydrogen-bond donors (Lipinski definition) is 1. The number of hydrogen-bond acceptors (Lipinski definition) is 3. The zero-order valence-corrected chi connectivity index (χ0v) is 15.6. The fraction of sp³-hybridized carbons (Fsp3) is 0.500. The molecule has 0 radical (unpaired) electrons. The van der Waals surface area contributed by atoms with E-state index in [2.05, 4.69) is 39.2 Å². The number of carbonyl (C=O) groups excluding carboxylic acids is 1. The minimum Gasteiger partial charge on any atom is -0.543 e. The van der Waals surface area contributed by atoms with Crippen molar-refractivity contribution in [2.75, 3.05) is 6.54 Å². The first kappa shape index (κ1) is 16.1. The number of aryl methyl sites for hydroxylation is 1. The van der Waals surface area contributed by atoms with Crippen LogP contribution in [0.4, 0.5) is 0 Å². The lowest BCUT2D eigenvalue weighted by molar-refractivity contribution is 0.0931. The number of amides is 1. The van der Waals surface area contributed by atoms with Gasteiger partial charge < -0.3 is 14.2 Å². The average molecular weight is 331 g/mol. The summed E-state index contributed by atoms with van der Waals surface area (Å²) in [6, 6.07) is 5.90. The Morgan fingerprint density at radius 3 is 2.70 bits per heavy atom. The standard InChI is InChI=1S/C18H25NO3Si/c1-18(2,3)23(4,5)22-12-8-9-15-14(11-12)13-7-6-10-19-17(20)16(13)21-15/h8-9,11H,6-7,10H2,1-5H3,(H,19,20). The van der Waals surface area contributed by atoms with E-state index in [-0.39, 0.29) is 10.9 Å². The van der Waals surface area contributed by atoms with E-state index in [4.69, 9.17) is 8.84 Å². The fourth-order valence-corrected chi connectivity index (χ4v) is 3.64. The summed E-state index contributed by atoms with van der Waals surface area (Å²) in [5, 5.41) is 4.03. The molecule has 0 unspecified atom stereocenters. The summed E-state index contributed by atoms with van der Waals surface area (Å²) in [5.41, 5.74) is 1.77. The average Bonchev–Trinajstić information content (AvgIpc) is 2.70. The summed E-state index contributed by atoms with van der Waals surface area (Å²) in [5.74, 6) is 1.22. The lowest BCUT2D eigenvalue weighted by Crippen LogP contribution is -2.43. The molecular formula is C18H25NO3Si. The first-order chi connectivity index (χ1) is 10.7. The minimum atomic E-state index is -1.88. The Bertz CT molecular complexity index is 755. The van der Waals surface area contributed by atoms with Crippen molar-refractivity contribution >= 4 is 25.2 Å². The maximum absolute atomic E-state index is 12.1. The van der Waals surface area contributed by atoms with Crippen molar-refractivity contribution < 1.29 is 13.6 Å². The predicted molar refractivity (Wildman–Crippen MR) is 94.7 cm³/mol. The minimum absolute atomic E-state index is 0.111. The topological polar surface area (TPSA) is 51.5 Å². The molecule has 0 atom stereocenters. The largest absolute Gasteiger partial charge is 0.543 e. The lowest BCUT2D eigenvalue weighted by Gasteiger charge is -2.36. The van der Waals surface area contributed by atoms with Crippen LogP contribution in [0.25, 0.3) is 11.0 Å². The van der Waals surface area contributed by atoms with E-state index in [1.165, 1.54) is 0 Å². The normalized spacial score (nSPS) is 16.0. The van der Waals surface area contributed by atoms with E-state index >= 15 is 0 Å². The van der Waals surface area contributed by atoms with Gasteiger partial charge in [-0.15, -0.1) is 0 Å². The van der Waals surface area contributed by atoms with Crippen LogP contribution in [0.3, 0.4) is 0 Å². The van der Waals surface area contributed by atoms with Crippen molar-refractivity contribution in [2.45, 2.75) is 51.7 Å². The van der Waals surface area contributed by atoms with Gasteiger partial charge in [-0.1, -0.05) is 20.8 Å². The highest BCUT2D eigenvalue weighted by atomic mass is 28.4. The molecule has 0 aliphatic carbocycles. The monoisotopic (exact) mass is 331 g/mol. The van der Waals surface area contributed by atoms with Crippen LogP contribution in [-0.2, 0) is 6.42 Å². The summed E-state index contributed by atoms with van der Waals surface area (Å²) in [7, 11) is -1.88. The molecule has 1 aromatic carbocycles. The van der Waals surface area contributed by atoms with Gasteiger partial charge in [-0.05, 0) is 49.2 Å². The van der Waals surface area contributed by atoms with Crippen LogP contribution in [0.5, 0.6) is 5.75 Å². The first-order valence-electron chi connectivity index (χ1n) is 8.22. The number of carbonyl (C=O) groups is 1. The van der Waals surface area contributed by atoms with Crippen LogP contribution < -0.4 is 9.74 Å².